The van der Waals surface area contributed by atoms with Crippen molar-refractivity contribution in [3.63, 3.8) is 0 Å². The monoisotopic (exact) mass is 318 g/mol. The summed E-state index contributed by atoms with van der Waals surface area (Å²) in [6.07, 6.45) is 4.25. The largest absolute Gasteiger partial charge is 0.383 e. The van der Waals surface area contributed by atoms with Crippen LogP contribution in [0.25, 0.3) is 0 Å². The number of rotatable bonds is 7. The Morgan fingerprint density at radius 3 is 2.83 bits per heavy atom. The molecule has 0 aliphatic carbocycles. The van der Waals surface area contributed by atoms with Gasteiger partial charge in [0.2, 0.25) is 5.56 Å². The number of ether oxygens (including phenoxy) is 1. The molecule has 23 heavy (non-hydrogen) atoms. The molecule has 0 aliphatic rings. The molecule has 0 unspecified atom stereocenters. The molecule has 0 bridgehead atoms. The maximum Gasteiger partial charge on any atom is 0.254 e. The van der Waals surface area contributed by atoms with Crippen LogP contribution in [0.4, 0.5) is 0 Å². The van der Waals surface area contributed by atoms with E-state index in [1.165, 1.54) is 6.07 Å². The molecule has 2 rings (SSSR count). The Hall–Kier alpha value is -2.41. The van der Waals surface area contributed by atoms with E-state index in [4.69, 9.17) is 4.74 Å². The highest BCUT2D eigenvalue weighted by molar-refractivity contribution is 5.94. The summed E-state index contributed by atoms with van der Waals surface area (Å²) in [5, 5.41) is 4.12. The smallest absolute Gasteiger partial charge is 0.254 e. The van der Waals surface area contributed by atoms with E-state index in [-0.39, 0.29) is 11.5 Å². The number of nitrogens with one attached hydrogen (secondary N) is 1. The van der Waals surface area contributed by atoms with Gasteiger partial charge in [0.1, 0.15) is 0 Å². The lowest BCUT2D eigenvalue weighted by Gasteiger charge is -2.22. The van der Waals surface area contributed by atoms with Crippen molar-refractivity contribution >= 4 is 5.91 Å². The van der Waals surface area contributed by atoms with Gasteiger partial charge >= 0.3 is 0 Å². The Labute approximate surface area is 134 Å². The van der Waals surface area contributed by atoms with Crippen molar-refractivity contribution in [3.8, 4) is 0 Å². The van der Waals surface area contributed by atoms with Gasteiger partial charge in [-0.3, -0.25) is 14.3 Å². The van der Waals surface area contributed by atoms with Crippen LogP contribution in [0.5, 0.6) is 0 Å². The SMILES string of the molecule is CCc1cc(C(=O)N(CCOC)Cc2cnn(C)c2)cc(=O)[nH]1. The molecule has 2 aromatic rings. The van der Waals surface area contributed by atoms with Crippen molar-refractivity contribution in [1.82, 2.24) is 19.7 Å². The normalized spacial score (nSPS) is 10.7. The minimum absolute atomic E-state index is 0.188. The predicted molar refractivity (Wildman–Crippen MR) is 86.3 cm³/mol. The van der Waals surface area contributed by atoms with Gasteiger partial charge in [-0.1, -0.05) is 6.92 Å². The topological polar surface area (TPSA) is 80.2 Å². The first-order valence-corrected chi connectivity index (χ1v) is 7.52. The number of hydrogen-bond donors (Lipinski definition) is 1. The van der Waals surface area contributed by atoms with Gasteiger partial charge in [-0.2, -0.15) is 5.10 Å². The minimum Gasteiger partial charge on any atom is -0.383 e. The first kappa shape index (κ1) is 17.0. The highest BCUT2D eigenvalue weighted by Gasteiger charge is 2.18. The lowest BCUT2D eigenvalue weighted by molar-refractivity contribution is 0.0680. The van der Waals surface area contributed by atoms with Crippen molar-refractivity contribution < 1.29 is 9.53 Å². The van der Waals surface area contributed by atoms with Gasteiger partial charge in [0.05, 0.1) is 12.8 Å². The number of carbonyl (C=O) groups is 1. The number of methoxy groups -OCH3 is 1. The van der Waals surface area contributed by atoms with Crippen LogP contribution < -0.4 is 5.56 Å². The molecule has 0 aliphatic heterocycles. The summed E-state index contributed by atoms with van der Waals surface area (Å²) in [7, 11) is 3.42. The van der Waals surface area contributed by atoms with Crippen molar-refractivity contribution in [2.45, 2.75) is 19.9 Å². The molecule has 2 heterocycles. The third kappa shape index (κ3) is 4.53. The van der Waals surface area contributed by atoms with E-state index in [0.717, 1.165) is 11.3 Å². The number of carbonyl (C=O) groups excluding carboxylic acids is 1. The zero-order chi connectivity index (χ0) is 16.8. The first-order chi connectivity index (χ1) is 11.0. The van der Waals surface area contributed by atoms with Crippen molar-refractivity contribution in [2.24, 2.45) is 7.05 Å². The Bertz CT molecular complexity index is 720. The summed E-state index contributed by atoms with van der Waals surface area (Å²) in [6.45, 7) is 3.22. The Balaban J connectivity index is 2.25. The standard InChI is InChI=1S/C16H22N4O3/c1-4-14-7-13(8-15(21)18-14)16(22)20(5-6-23-3)11-12-9-17-19(2)10-12/h7-10H,4-6,11H2,1-3H3,(H,18,21). The molecule has 0 fully saturated rings. The molecule has 2 aromatic heterocycles. The summed E-state index contributed by atoms with van der Waals surface area (Å²) in [4.78, 5) is 28.9. The van der Waals surface area contributed by atoms with Gasteiger partial charge in [0.15, 0.2) is 0 Å². The quantitative estimate of drug-likeness (QED) is 0.824. The summed E-state index contributed by atoms with van der Waals surface area (Å²) < 4.78 is 6.78. The third-order valence-corrected chi connectivity index (χ3v) is 3.51. The predicted octanol–water partition coefficient (Wildman–Crippen LogP) is 0.960. The number of hydrogen-bond acceptors (Lipinski definition) is 4. The van der Waals surface area contributed by atoms with Gasteiger partial charge in [0.25, 0.3) is 5.91 Å². The molecule has 124 valence electrons. The number of aryl methyl sites for hydroxylation is 2. The van der Waals surface area contributed by atoms with Crippen LogP contribution in [0.2, 0.25) is 0 Å². The molecule has 0 saturated heterocycles. The van der Waals surface area contributed by atoms with E-state index >= 15 is 0 Å². The van der Waals surface area contributed by atoms with Crippen LogP contribution >= 0.6 is 0 Å². The van der Waals surface area contributed by atoms with Crippen LogP contribution in [0.1, 0.15) is 28.5 Å². The molecule has 1 N–H and O–H groups in total. The summed E-state index contributed by atoms with van der Waals surface area (Å²) in [5.41, 5.74) is 1.80. The molecule has 7 nitrogen and oxygen atoms in total. The Morgan fingerprint density at radius 2 is 2.22 bits per heavy atom. The number of H-pyrrole nitrogens is 1. The second-order valence-electron chi connectivity index (χ2n) is 5.35. The van der Waals surface area contributed by atoms with Crippen molar-refractivity contribution in [3.05, 3.63) is 51.7 Å². The summed E-state index contributed by atoms with van der Waals surface area (Å²) in [6, 6.07) is 3.07. The highest BCUT2D eigenvalue weighted by Crippen LogP contribution is 2.10. The third-order valence-electron chi connectivity index (χ3n) is 3.51. The lowest BCUT2D eigenvalue weighted by Crippen LogP contribution is -2.34. The Kier molecular flexibility index (Phi) is 5.70. The average Bonchev–Trinajstić information content (AvgIpc) is 2.95. The number of amides is 1. The molecular formula is C16H22N4O3. The fourth-order valence-corrected chi connectivity index (χ4v) is 2.33. The fourth-order valence-electron chi connectivity index (χ4n) is 2.33. The van der Waals surface area contributed by atoms with Crippen molar-refractivity contribution in [2.75, 3.05) is 20.3 Å². The van der Waals surface area contributed by atoms with Gasteiger partial charge in [0, 0.05) is 56.3 Å². The van der Waals surface area contributed by atoms with Gasteiger partial charge < -0.3 is 14.6 Å². The van der Waals surface area contributed by atoms with E-state index in [9.17, 15) is 9.59 Å². The van der Waals surface area contributed by atoms with E-state index in [1.807, 2.05) is 20.2 Å². The number of pyridine rings is 1. The van der Waals surface area contributed by atoms with Crippen LogP contribution in [0, 0.1) is 0 Å². The number of aromatic nitrogens is 3. The molecular weight excluding hydrogens is 296 g/mol. The Morgan fingerprint density at radius 1 is 1.43 bits per heavy atom. The van der Waals surface area contributed by atoms with E-state index in [0.29, 0.717) is 31.7 Å². The average molecular weight is 318 g/mol. The molecule has 0 radical (unpaired) electrons. The number of nitrogens with zero attached hydrogens (tertiary/aromatic N) is 3. The van der Waals surface area contributed by atoms with E-state index < -0.39 is 0 Å². The van der Waals surface area contributed by atoms with Gasteiger partial charge in [-0.25, -0.2) is 0 Å². The van der Waals surface area contributed by atoms with Gasteiger partial charge in [-0.05, 0) is 12.5 Å². The van der Waals surface area contributed by atoms with Gasteiger partial charge in [-0.15, -0.1) is 0 Å². The maximum atomic E-state index is 12.8. The molecule has 7 heteroatoms. The summed E-state index contributed by atoms with van der Waals surface area (Å²) >= 11 is 0. The van der Waals surface area contributed by atoms with Crippen LogP contribution in [0.3, 0.4) is 0 Å². The lowest BCUT2D eigenvalue weighted by atomic mass is 10.1. The minimum atomic E-state index is -0.263. The molecule has 0 atom stereocenters. The van der Waals surface area contributed by atoms with E-state index in [2.05, 4.69) is 10.1 Å². The highest BCUT2D eigenvalue weighted by atomic mass is 16.5. The second kappa shape index (κ2) is 7.73. The summed E-state index contributed by atoms with van der Waals surface area (Å²) in [5.74, 6) is -0.188. The van der Waals surface area contributed by atoms with Crippen molar-refractivity contribution in [1.29, 1.82) is 0 Å². The fraction of sp³-hybridized carbons (Fsp3) is 0.438. The van der Waals surface area contributed by atoms with Crippen LogP contribution in [-0.2, 0) is 24.8 Å². The molecule has 1 amide bonds. The second-order valence-corrected chi connectivity index (χ2v) is 5.35. The zero-order valence-electron chi connectivity index (χ0n) is 13.7. The molecule has 0 spiro atoms. The van der Waals surface area contributed by atoms with Crippen LogP contribution in [0.15, 0.2) is 29.3 Å². The maximum absolute atomic E-state index is 12.8. The molecule has 0 aromatic carbocycles. The zero-order valence-corrected chi connectivity index (χ0v) is 13.7. The van der Waals surface area contributed by atoms with E-state index in [1.54, 1.807) is 29.0 Å². The number of aromatic amines is 1. The molecule has 0 saturated carbocycles. The van der Waals surface area contributed by atoms with Crippen LogP contribution in [-0.4, -0.2) is 45.8 Å². The first-order valence-electron chi connectivity index (χ1n) is 7.52.